The van der Waals surface area contributed by atoms with Crippen LogP contribution >= 0.6 is 0 Å². The molecule has 160 valence electrons. The van der Waals surface area contributed by atoms with Crippen LogP contribution in [0.4, 0.5) is 0 Å². The topological polar surface area (TPSA) is 102 Å². The van der Waals surface area contributed by atoms with Crippen LogP contribution in [0, 0.1) is 12.3 Å². The number of Topliss-reactive ketones (excluding diaryl/α,β-unsaturated/α-hetero) is 1. The Bertz CT molecular complexity index is 1530. The number of terminal acetylenes is 1. The van der Waals surface area contributed by atoms with Crippen LogP contribution in [0.2, 0.25) is 0 Å². The molecule has 4 rings (SSSR count). The third-order valence-corrected chi connectivity index (χ3v) is 6.76. The molecule has 0 aliphatic heterocycles. The van der Waals surface area contributed by atoms with E-state index in [0.717, 1.165) is 3.97 Å². The number of hydrogen-bond donors (Lipinski definition) is 0. The summed E-state index contributed by atoms with van der Waals surface area (Å²) in [6.45, 7) is 1.30. The second-order valence-electron chi connectivity index (χ2n) is 7.14. The highest BCUT2D eigenvalue weighted by molar-refractivity contribution is 7.90. The fourth-order valence-electron chi connectivity index (χ4n) is 3.59. The number of ketones is 1. The van der Waals surface area contributed by atoms with E-state index in [1.165, 1.54) is 31.0 Å². The molecule has 0 spiro atoms. The number of fused-ring (bicyclic) bond motifs is 3. The van der Waals surface area contributed by atoms with E-state index in [4.69, 9.17) is 6.42 Å². The first-order valence-electron chi connectivity index (χ1n) is 9.59. The minimum absolute atomic E-state index is 0.0101. The number of benzene rings is 2. The molecule has 2 aromatic carbocycles. The average Bonchev–Trinajstić information content (AvgIpc) is 3.14. The van der Waals surface area contributed by atoms with Crippen LogP contribution in [0.15, 0.2) is 59.5 Å². The Labute approximate surface area is 184 Å². The van der Waals surface area contributed by atoms with Crippen molar-refractivity contribution in [1.29, 1.82) is 0 Å². The highest BCUT2D eigenvalue weighted by atomic mass is 32.2. The minimum atomic E-state index is -4.16. The fraction of sp³-hybridized carbons (Fsp3) is 0.130. The number of hydrogen-bond acceptors (Lipinski definition) is 6. The normalized spacial score (nSPS) is 11.4. The summed E-state index contributed by atoms with van der Waals surface area (Å²) in [4.78, 5) is 26.8. The second kappa shape index (κ2) is 7.90. The number of para-hydroxylation sites is 1. The highest BCUT2D eigenvalue weighted by Gasteiger charge is 2.31. The highest BCUT2D eigenvalue weighted by Crippen LogP contribution is 2.35. The smallest absolute Gasteiger partial charge is 0.277 e. The quantitative estimate of drug-likeness (QED) is 0.345. The Morgan fingerprint density at radius 3 is 2.31 bits per heavy atom. The lowest BCUT2D eigenvalue weighted by atomic mass is 10.1. The van der Waals surface area contributed by atoms with E-state index >= 15 is 0 Å². The number of carbonyl (C=O) groups is 2. The zero-order valence-electron chi connectivity index (χ0n) is 17.3. The van der Waals surface area contributed by atoms with Crippen molar-refractivity contribution < 1.29 is 18.0 Å². The summed E-state index contributed by atoms with van der Waals surface area (Å²) in [5.74, 6) is 1.36. The van der Waals surface area contributed by atoms with Gasteiger partial charge in [0.2, 0.25) is 0 Å². The van der Waals surface area contributed by atoms with Crippen LogP contribution in [-0.4, -0.2) is 52.8 Å². The van der Waals surface area contributed by atoms with Gasteiger partial charge in [-0.05, 0) is 18.2 Å². The van der Waals surface area contributed by atoms with E-state index in [1.54, 1.807) is 42.5 Å². The van der Waals surface area contributed by atoms with Gasteiger partial charge in [0.1, 0.15) is 11.2 Å². The van der Waals surface area contributed by atoms with Crippen LogP contribution in [0.5, 0.6) is 0 Å². The molecule has 2 aromatic heterocycles. The van der Waals surface area contributed by atoms with Crippen molar-refractivity contribution in [1.82, 2.24) is 19.1 Å². The van der Waals surface area contributed by atoms with Gasteiger partial charge in [0.25, 0.3) is 15.9 Å². The number of carbonyl (C=O) groups excluding carboxylic acids is 2. The van der Waals surface area contributed by atoms with E-state index in [9.17, 15) is 18.0 Å². The third kappa shape index (κ3) is 3.21. The van der Waals surface area contributed by atoms with Crippen molar-refractivity contribution in [2.24, 2.45) is 0 Å². The predicted octanol–water partition coefficient (Wildman–Crippen LogP) is 2.73. The van der Waals surface area contributed by atoms with Crippen LogP contribution in [0.1, 0.15) is 27.9 Å². The standard InChI is InChI=1S/C23H18N4O4S/c1-4-14-26(3)23(29)21-22-19(20(15(2)28)24-25-21)17-12-8-9-13-18(17)27(22)32(30,31)16-10-6-5-7-11-16/h1,5-13H,14H2,2-3H3. The fourth-order valence-corrected chi connectivity index (χ4v) is 5.14. The van der Waals surface area contributed by atoms with E-state index < -0.39 is 21.7 Å². The Morgan fingerprint density at radius 2 is 1.66 bits per heavy atom. The predicted molar refractivity (Wildman–Crippen MR) is 120 cm³/mol. The summed E-state index contributed by atoms with van der Waals surface area (Å²) in [6.07, 6.45) is 5.33. The van der Waals surface area contributed by atoms with Gasteiger partial charge in [-0.1, -0.05) is 42.3 Å². The lowest BCUT2D eigenvalue weighted by molar-refractivity contribution is 0.0806. The molecule has 1 amide bonds. The summed E-state index contributed by atoms with van der Waals surface area (Å²) in [6, 6.07) is 14.5. The monoisotopic (exact) mass is 446 g/mol. The molecule has 4 aromatic rings. The van der Waals surface area contributed by atoms with Gasteiger partial charge in [0, 0.05) is 24.7 Å². The molecule has 0 saturated heterocycles. The second-order valence-corrected chi connectivity index (χ2v) is 8.93. The van der Waals surface area contributed by atoms with Gasteiger partial charge in [-0.2, -0.15) is 0 Å². The summed E-state index contributed by atoms with van der Waals surface area (Å²) >= 11 is 0. The van der Waals surface area contributed by atoms with Gasteiger partial charge in [-0.3, -0.25) is 9.59 Å². The number of amides is 1. The van der Waals surface area contributed by atoms with Crippen LogP contribution in [0.25, 0.3) is 21.8 Å². The first kappa shape index (κ1) is 21.2. The zero-order chi connectivity index (χ0) is 23.0. The van der Waals surface area contributed by atoms with Crippen molar-refractivity contribution in [2.75, 3.05) is 13.6 Å². The molecule has 0 bridgehead atoms. The van der Waals surface area contributed by atoms with E-state index in [2.05, 4.69) is 16.1 Å². The Kier molecular flexibility index (Phi) is 5.24. The Balaban J connectivity index is 2.23. The van der Waals surface area contributed by atoms with Gasteiger partial charge >= 0.3 is 0 Å². The summed E-state index contributed by atoms with van der Waals surface area (Å²) in [5.41, 5.74) is 0.0641. The van der Waals surface area contributed by atoms with Crippen LogP contribution in [-0.2, 0) is 10.0 Å². The average molecular weight is 446 g/mol. The maximum absolute atomic E-state index is 13.7. The van der Waals surface area contributed by atoms with Crippen molar-refractivity contribution in [3.8, 4) is 12.3 Å². The van der Waals surface area contributed by atoms with Gasteiger partial charge < -0.3 is 4.90 Å². The molecule has 0 aliphatic carbocycles. The van der Waals surface area contributed by atoms with Crippen LogP contribution < -0.4 is 0 Å². The SMILES string of the molecule is C#CCN(C)C(=O)c1nnc(C(C)=O)c2c3ccccc3n(S(=O)(=O)c3ccccc3)c12. The maximum atomic E-state index is 13.7. The molecule has 0 unspecified atom stereocenters. The van der Waals surface area contributed by atoms with Gasteiger partial charge in [0.15, 0.2) is 11.5 Å². The molecule has 8 nitrogen and oxygen atoms in total. The summed E-state index contributed by atoms with van der Waals surface area (Å²) in [7, 11) is -2.68. The van der Waals surface area contributed by atoms with E-state index in [-0.39, 0.29) is 33.7 Å². The largest absolute Gasteiger partial charge is 0.329 e. The molecular weight excluding hydrogens is 428 g/mol. The van der Waals surface area contributed by atoms with Crippen molar-refractivity contribution in [3.63, 3.8) is 0 Å². The van der Waals surface area contributed by atoms with Crippen molar-refractivity contribution >= 4 is 43.5 Å². The summed E-state index contributed by atoms with van der Waals surface area (Å²) in [5, 5.41) is 8.68. The van der Waals surface area contributed by atoms with E-state index in [1.807, 2.05) is 0 Å². The molecule has 0 fully saturated rings. The van der Waals surface area contributed by atoms with Gasteiger partial charge in [-0.25, -0.2) is 12.4 Å². The molecule has 0 aliphatic rings. The lowest BCUT2D eigenvalue weighted by Crippen LogP contribution is -2.29. The van der Waals surface area contributed by atoms with Gasteiger partial charge in [-0.15, -0.1) is 16.6 Å². The van der Waals surface area contributed by atoms with Gasteiger partial charge in [0.05, 0.1) is 17.0 Å². The minimum Gasteiger partial charge on any atom is -0.329 e. The third-order valence-electron chi connectivity index (χ3n) is 5.04. The molecule has 32 heavy (non-hydrogen) atoms. The molecule has 0 radical (unpaired) electrons. The summed E-state index contributed by atoms with van der Waals surface area (Å²) < 4.78 is 28.6. The Morgan fingerprint density at radius 1 is 1.03 bits per heavy atom. The van der Waals surface area contributed by atoms with Crippen molar-refractivity contribution in [2.45, 2.75) is 11.8 Å². The van der Waals surface area contributed by atoms with E-state index in [0.29, 0.717) is 10.9 Å². The number of aromatic nitrogens is 3. The molecule has 0 N–H and O–H groups in total. The zero-order valence-corrected chi connectivity index (χ0v) is 18.1. The first-order chi connectivity index (χ1) is 15.3. The molecular formula is C23H18N4O4S. The molecule has 2 heterocycles. The molecule has 0 atom stereocenters. The first-order valence-corrected chi connectivity index (χ1v) is 11.0. The van der Waals surface area contributed by atoms with Crippen LogP contribution in [0.3, 0.4) is 0 Å². The van der Waals surface area contributed by atoms with Crippen molar-refractivity contribution in [3.05, 3.63) is 66.0 Å². The molecule has 9 heteroatoms. The Hall–Kier alpha value is -4.03. The lowest BCUT2D eigenvalue weighted by Gasteiger charge is -2.15. The maximum Gasteiger partial charge on any atom is 0.277 e. The molecule has 0 saturated carbocycles. The number of nitrogens with zero attached hydrogens (tertiary/aromatic N) is 4. The number of rotatable bonds is 5.